The van der Waals surface area contributed by atoms with Crippen molar-refractivity contribution in [3.8, 4) is 0 Å². The monoisotopic (exact) mass is 499 g/mol. The predicted octanol–water partition coefficient (Wildman–Crippen LogP) is 3.47. The van der Waals surface area contributed by atoms with Gasteiger partial charge in [-0.15, -0.1) is 5.10 Å². The molecule has 3 heterocycles. The lowest BCUT2D eigenvalue weighted by Gasteiger charge is -2.36. The molecule has 1 aliphatic rings. The Labute approximate surface area is 205 Å². The third-order valence-electron chi connectivity index (χ3n) is 6.10. The molecule has 0 saturated carbocycles. The van der Waals surface area contributed by atoms with Gasteiger partial charge in [0.25, 0.3) is 11.5 Å². The van der Waals surface area contributed by atoms with Gasteiger partial charge in [0.05, 0.1) is 12.1 Å². The molecule has 188 valence electrons. The van der Waals surface area contributed by atoms with Gasteiger partial charge in [0.15, 0.2) is 5.82 Å². The van der Waals surface area contributed by atoms with E-state index in [9.17, 15) is 22.8 Å². The maximum Gasteiger partial charge on any atom is 0.430 e. The minimum Gasteiger partial charge on any atom is -0.356 e. The molecule has 1 aromatic carbocycles. The summed E-state index contributed by atoms with van der Waals surface area (Å²) in [7, 11) is 0.887. The zero-order valence-electron chi connectivity index (χ0n) is 19.4. The minimum absolute atomic E-state index is 0.0346. The van der Waals surface area contributed by atoms with Gasteiger partial charge >= 0.3 is 6.18 Å². The highest BCUT2D eigenvalue weighted by Crippen LogP contribution is 2.44. The highest BCUT2D eigenvalue weighted by Gasteiger charge is 2.64. The summed E-state index contributed by atoms with van der Waals surface area (Å²) in [5, 5.41) is 10.8. The topological polar surface area (TPSA) is 97.3 Å². The van der Waals surface area contributed by atoms with Crippen molar-refractivity contribution >= 4 is 17.6 Å². The Morgan fingerprint density at radius 2 is 1.81 bits per heavy atom. The smallest absolute Gasteiger partial charge is 0.356 e. The summed E-state index contributed by atoms with van der Waals surface area (Å²) in [5.41, 5.74) is -2.25. The van der Waals surface area contributed by atoms with E-state index in [1.54, 1.807) is 42.6 Å². The van der Waals surface area contributed by atoms with Crippen LogP contribution in [0.15, 0.2) is 66.9 Å². The van der Waals surface area contributed by atoms with Crippen LogP contribution in [0.4, 0.5) is 19.0 Å². The van der Waals surface area contributed by atoms with Crippen molar-refractivity contribution in [2.75, 3.05) is 25.5 Å². The van der Waals surface area contributed by atoms with Gasteiger partial charge in [-0.1, -0.05) is 36.4 Å². The van der Waals surface area contributed by atoms with Crippen LogP contribution in [-0.4, -0.2) is 58.3 Å². The van der Waals surface area contributed by atoms with Crippen molar-refractivity contribution < 1.29 is 27.5 Å². The van der Waals surface area contributed by atoms with Gasteiger partial charge in [-0.3, -0.25) is 14.6 Å². The Kier molecular flexibility index (Phi) is 7.30. The molecule has 8 nitrogen and oxygen atoms in total. The number of halogens is 3. The van der Waals surface area contributed by atoms with Crippen LogP contribution in [0.3, 0.4) is 0 Å². The molecule has 36 heavy (non-hydrogen) atoms. The number of carbonyl (C=O) groups is 2. The summed E-state index contributed by atoms with van der Waals surface area (Å²) in [6, 6.07) is 15.4. The number of aromatic nitrogens is 3. The summed E-state index contributed by atoms with van der Waals surface area (Å²) in [6.45, 7) is 0.148. The molecule has 0 spiro atoms. The molecule has 2 atom stereocenters. The van der Waals surface area contributed by atoms with Crippen LogP contribution in [0.25, 0.3) is 0 Å². The molecule has 0 radical (unpaired) electrons. The number of nitrogens with zero attached hydrogens (tertiary/aromatic N) is 4. The number of nitrogens with one attached hydrogen (secondary N) is 1. The van der Waals surface area contributed by atoms with Crippen LogP contribution in [0.2, 0.25) is 0 Å². The molecule has 2 aromatic heterocycles. The zero-order chi connectivity index (χ0) is 25.8. The third kappa shape index (κ3) is 5.06. The van der Waals surface area contributed by atoms with Gasteiger partial charge in [-0.2, -0.15) is 18.3 Å². The maximum absolute atomic E-state index is 14.2. The van der Waals surface area contributed by atoms with Crippen molar-refractivity contribution in [3.63, 3.8) is 0 Å². The zero-order valence-corrected chi connectivity index (χ0v) is 19.4. The van der Waals surface area contributed by atoms with E-state index in [1.807, 2.05) is 0 Å². The van der Waals surface area contributed by atoms with Crippen LogP contribution in [0.5, 0.6) is 0 Å². The lowest BCUT2D eigenvalue weighted by molar-refractivity contribution is -0.270. The first-order chi connectivity index (χ1) is 17.2. The summed E-state index contributed by atoms with van der Waals surface area (Å²) in [6.07, 6.45) is -2.88. The fraction of sp³-hybridized carbons (Fsp3) is 0.320. The number of likely N-dealkylation sites (tertiary alicyclic amines) is 1. The van der Waals surface area contributed by atoms with Gasteiger partial charge in [0, 0.05) is 43.6 Å². The summed E-state index contributed by atoms with van der Waals surface area (Å²) < 4.78 is 47.6. The number of anilines is 1. The number of rotatable bonds is 7. The summed E-state index contributed by atoms with van der Waals surface area (Å²) in [4.78, 5) is 30.7. The highest BCUT2D eigenvalue weighted by atomic mass is 19.4. The minimum atomic E-state index is -4.97. The van der Waals surface area contributed by atoms with Crippen LogP contribution >= 0.6 is 0 Å². The van der Waals surface area contributed by atoms with Gasteiger partial charge < -0.3 is 15.0 Å². The Balaban J connectivity index is 1.44. The Hall–Kier alpha value is -3.86. The SMILES string of the molecule is CO[C@@](C(=O)N1CC[C@@H](c2ccc(NC(=O)Cc3ccccn3)nn2)C1)(c1ccccc1)C(F)(F)F. The number of amides is 2. The van der Waals surface area contributed by atoms with E-state index in [2.05, 4.69) is 20.5 Å². The first-order valence-corrected chi connectivity index (χ1v) is 11.2. The van der Waals surface area contributed by atoms with E-state index < -0.39 is 17.7 Å². The van der Waals surface area contributed by atoms with E-state index in [1.165, 1.54) is 24.3 Å². The molecule has 0 bridgehead atoms. The quantitative estimate of drug-likeness (QED) is 0.535. The largest absolute Gasteiger partial charge is 0.430 e. The molecule has 1 N–H and O–H groups in total. The second-order valence-corrected chi connectivity index (χ2v) is 8.38. The molecule has 1 fully saturated rings. The number of pyridine rings is 1. The van der Waals surface area contributed by atoms with Crippen molar-refractivity contribution in [2.45, 2.75) is 30.5 Å². The average Bonchev–Trinajstić information content (AvgIpc) is 3.36. The highest BCUT2D eigenvalue weighted by molar-refractivity contribution is 5.91. The molecule has 0 unspecified atom stereocenters. The molecule has 11 heteroatoms. The van der Waals surface area contributed by atoms with E-state index in [4.69, 9.17) is 4.74 Å². The summed E-state index contributed by atoms with van der Waals surface area (Å²) in [5.74, 6) is -1.54. The van der Waals surface area contributed by atoms with Gasteiger partial charge in [-0.25, -0.2) is 0 Å². The normalized spacial score (nSPS) is 17.4. The van der Waals surface area contributed by atoms with Crippen LogP contribution < -0.4 is 5.32 Å². The van der Waals surface area contributed by atoms with Crippen LogP contribution in [0, 0.1) is 0 Å². The molecular weight excluding hydrogens is 475 g/mol. The second kappa shape index (κ2) is 10.4. The molecule has 4 rings (SSSR count). The van der Waals surface area contributed by atoms with Crippen LogP contribution in [-0.2, 0) is 26.3 Å². The van der Waals surface area contributed by atoms with E-state index >= 15 is 0 Å². The fourth-order valence-corrected chi connectivity index (χ4v) is 4.29. The van der Waals surface area contributed by atoms with E-state index in [0.29, 0.717) is 17.8 Å². The van der Waals surface area contributed by atoms with E-state index in [0.717, 1.165) is 12.0 Å². The summed E-state index contributed by atoms with van der Waals surface area (Å²) >= 11 is 0. The number of hydrogen-bond acceptors (Lipinski definition) is 6. The maximum atomic E-state index is 14.2. The van der Waals surface area contributed by atoms with Crippen molar-refractivity contribution in [3.05, 3.63) is 83.8 Å². The lowest BCUT2D eigenvalue weighted by Crippen LogP contribution is -2.56. The van der Waals surface area contributed by atoms with Gasteiger partial charge in [0.2, 0.25) is 5.91 Å². The van der Waals surface area contributed by atoms with Crippen molar-refractivity contribution in [2.24, 2.45) is 0 Å². The molecule has 2 amide bonds. The fourth-order valence-electron chi connectivity index (χ4n) is 4.29. The third-order valence-corrected chi connectivity index (χ3v) is 6.10. The van der Waals surface area contributed by atoms with Gasteiger partial charge in [0.1, 0.15) is 0 Å². The van der Waals surface area contributed by atoms with Crippen LogP contribution in [0.1, 0.15) is 29.3 Å². The second-order valence-electron chi connectivity index (χ2n) is 8.38. The molecule has 1 saturated heterocycles. The Bertz CT molecular complexity index is 1190. The van der Waals surface area contributed by atoms with E-state index in [-0.39, 0.29) is 42.7 Å². The number of benzene rings is 1. The molecule has 0 aliphatic carbocycles. The lowest BCUT2D eigenvalue weighted by atomic mass is 9.91. The number of carbonyl (C=O) groups excluding carboxylic acids is 2. The number of hydrogen-bond donors (Lipinski definition) is 1. The predicted molar refractivity (Wildman–Crippen MR) is 124 cm³/mol. The van der Waals surface area contributed by atoms with Gasteiger partial charge in [-0.05, 0) is 30.7 Å². The first-order valence-electron chi connectivity index (χ1n) is 11.2. The van der Waals surface area contributed by atoms with Crippen molar-refractivity contribution in [1.29, 1.82) is 0 Å². The number of ether oxygens (including phenoxy) is 1. The Morgan fingerprint density at radius 3 is 2.42 bits per heavy atom. The molecule has 3 aromatic rings. The van der Waals surface area contributed by atoms with Crippen molar-refractivity contribution in [1.82, 2.24) is 20.1 Å². The standard InChI is InChI=1S/C25H24F3N5O3/c1-36-24(25(26,27)28,18-7-3-2-4-8-18)23(35)33-14-12-17(16-33)20-10-11-21(32-31-20)30-22(34)15-19-9-5-6-13-29-19/h2-11,13,17H,12,14-16H2,1H3,(H,30,32,34)/t17-,24-/m1/s1. The number of alkyl halides is 3. The first kappa shape index (κ1) is 25.2. The number of methoxy groups -OCH3 is 1. The molecule has 1 aliphatic heterocycles. The Morgan fingerprint density at radius 1 is 1.06 bits per heavy atom. The molecular formula is C25H24F3N5O3. The average molecular weight is 499 g/mol.